The van der Waals surface area contributed by atoms with E-state index in [-0.39, 0.29) is 16.1 Å². The quantitative estimate of drug-likeness (QED) is 0.360. The molecule has 1 aromatic heterocycles. The van der Waals surface area contributed by atoms with Crippen LogP contribution in [0.4, 0.5) is 5.69 Å². The molecule has 8 nitrogen and oxygen atoms in total. The maximum Gasteiger partial charge on any atom is 0.279 e. The van der Waals surface area contributed by atoms with Gasteiger partial charge < -0.3 is 4.57 Å². The molecule has 1 heterocycles. The number of aromatic nitrogens is 1. The van der Waals surface area contributed by atoms with Gasteiger partial charge in [-0.1, -0.05) is 17.4 Å². The first-order chi connectivity index (χ1) is 13.2. The highest BCUT2D eigenvalue weighted by atomic mass is 32.2. The lowest BCUT2D eigenvalue weighted by atomic mass is 10.2. The topological polar surface area (TPSA) is 112 Å². The molecule has 0 spiro atoms. The molecule has 0 unspecified atom stereocenters. The van der Waals surface area contributed by atoms with Crippen LogP contribution in [-0.2, 0) is 16.4 Å². The van der Waals surface area contributed by atoms with Gasteiger partial charge in [0.1, 0.15) is 0 Å². The summed E-state index contributed by atoms with van der Waals surface area (Å²) in [5, 5.41) is 10.7. The number of thiazole rings is 1. The van der Waals surface area contributed by atoms with Crippen molar-refractivity contribution in [2.45, 2.75) is 11.4 Å². The van der Waals surface area contributed by atoms with Crippen LogP contribution < -0.4 is 4.80 Å². The maximum absolute atomic E-state index is 12.5. The fourth-order valence-corrected chi connectivity index (χ4v) is 4.35. The predicted octanol–water partition coefficient (Wildman–Crippen LogP) is 2.94. The van der Waals surface area contributed by atoms with Gasteiger partial charge >= 0.3 is 0 Å². The van der Waals surface area contributed by atoms with E-state index in [1.807, 2.05) is 0 Å². The van der Waals surface area contributed by atoms with Gasteiger partial charge in [0.05, 0.1) is 20.0 Å². The number of nitro groups is 1. The zero-order valence-electron chi connectivity index (χ0n) is 14.7. The lowest BCUT2D eigenvalue weighted by Gasteiger charge is -2.02. The molecular formula is C18H15N3O5S2. The highest BCUT2D eigenvalue weighted by molar-refractivity contribution is 7.90. The first-order valence-corrected chi connectivity index (χ1v) is 10.7. The van der Waals surface area contributed by atoms with Gasteiger partial charge in [-0.15, -0.1) is 6.58 Å². The number of allylic oxidation sites excluding steroid dienone is 1. The lowest BCUT2D eigenvalue weighted by Crippen LogP contribution is -2.16. The summed E-state index contributed by atoms with van der Waals surface area (Å²) in [5.41, 5.74) is 0.825. The molecule has 3 rings (SSSR count). The van der Waals surface area contributed by atoms with Crippen LogP contribution in [0.1, 0.15) is 10.4 Å². The Kier molecular flexibility index (Phi) is 5.25. The number of amides is 1. The molecule has 0 N–H and O–H groups in total. The van der Waals surface area contributed by atoms with E-state index in [2.05, 4.69) is 11.6 Å². The van der Waals surface area contributed by atoms with Crippen LogP contribution >= 0.6 is 11.3 Å². The molecule has 10 heteroatoms. The van der Waals surface area contributed by atoms with Crippen molar-refractivity contribution in [3.8, 4) is 0 Å². The summed E-state index contributed by atoms with van der Waals surface area (Å²) in [6.07, 6.45) is 2.77. The number of hydrogen-bond donors (Lipinski definition) is 0. The Morgan fingerprint density at radius 3 is 2.54 bits per heavy atom. The van der Waals surface area contributed by atoms with Crippen molar-refractivity contribution in [3.63, 3.8) is 0 Å². The smallest absolute Gasteiger partial charge is 0.279 e. The SMILES string of the molecule is C=CCn1c(=NC(=O)c2ccc([N+](=O)[O-])cc2)sc2cc(S(C)(=O)=O)ccc21. The third kappa shape index (κ3) is 3.92. The van der Waals surface area contributed by atoms with E-state index in [4.69, 9.17) is 0 Å². The zero-order chi connectivity index (χ0) is 20.5. The van der Waals surface area contributed by atoms with E-state index in [1.165, 1.54) is 41.7 Å². The molecule has 0 radical (unpaired) electrons. The zero-order valence-corrected chi connectivity index (χ0v) is 16.4. The molecule has 0 fully saturated rings. The average molecular weight is 417 g/mol. The van der Waals surface area contributed by atoms with Gasteiger partial charge in [-0.25, -0.2) is 8.42 Å². The van der Waals surface area contributed by atoms with Crippen molar-refractivity contribution in [3.05, 3.63) is 75.6 Å². The molecule has 3 aromatic rings. The second-order valence-electron chi connectivity index (χ2n) is 5.91. The molecule has 0 atom stereocenters. The summed E-state index contributed by atoms with van der Waals surface area (Å²) in [6.45, 7) is 4.08. The number of nitrogens with zero attached hydrogens (tertiary/aromatic N) is 3. The Morgan fingerprint density at radius 1 is 1.29 bits per heavy atom. The van der Waals surface area contributed by atoms with Crippen LogP contribution in [-0.4, -0.2) is 30.1 Å². The summed E-state index contributed by atoms with van der Waals surface area (Å²) in [4.78, 5) is 27.4. The summed E-state index contributed by atoms with van der Waals surface area (Å²) in [7, 11) is -3.36. The van der Waals surface area contributed by atoms with Gasteiger partial charge in [-0.2, -0.15) is 4.99 Å². The number of benzene rings is 2. The van der Waals surface area contributed by atoms with Crippen LogP contribution in [0.25, 0.3) is 10.2 Å². The van der Waals surface area contributed by atoms with Crippen molar-refractivity contribution in [2.75, 3.05) is 6.26 Å². The first-order valence-electron chi connectivity index (χ1n) is 7.98. The molecule has 0 saturated heterocycles. The molecule has 0 aliphatic rings. The molecule has 144 valence electrons. The van der Waals surface area contributed by atoms with E-state index in [1.54, 1.807) is 22.8 Å². The Hall–Kier alpha value is -3.11. The number of nitro benzene ring substituents is 1. The average Bonchev–Trinajstić information content (AvgIpc) is 2.98. The van der Waals surface area contributed by atoms with Crippen LogP contribution in [0.15, 0.2) is 65.0 Å². The molecule has 28 heavy (non-hydrogen) atoms. The summed E-state index contributed by atoms with van der Waals surface area (Å²) < 4.78 is 26.0. The van der Waals surface area contributed by atoms with E-state index >= 15 is 0 Å². The van der Waals surface area contributed by atoms with Crippen molar-refractivity contribution in [2.24, 2.45) is 4.99 Å². The molecule has 0 saturated carbocycles. The Balaban J connectivity index is 2.12. The monoisotopic (exact) mass is 417 g/mol. The lowest BCUT2D eigenvalue weighted by molar-refractivity contribution is -0.384. The minimum Gasteiger partial charge on any atom is -0.312 e. The van der Waals surface area contributed by atoms with Crippen molar-refractivity contribution < 1.29 is 18.1 Å². The van der Waals surface area contributed by atoms with Gasteiger partial charge in [-0.05, 0) is 30.3 Å². The molecule has 0 bridgehead atoms. The van der Waals surface area contributed by atoms with E-state index < -0.39 is 20.7 Å². The summed E-state index contributed by atoms with van der Waals surface area (Å²) >= 11 is 1.18. The van der Waals surface area contributed by atoms with E-state index in [0.717, 1.165) is 11.8 Å². The molecule has 0 aliphatic heterocycles. The second kappa shape index (κ2) is 7.49. The maximum atomic E-state index is 12.5. The molecule has 2 aromatic carbocycles. The third-order valence-corrected chi connectivity index (χ3v) is 6.07. The number of carbonyl (C=O) groups is 1. The molecule has 1 amide bonds. The highest BCUT2D eigenvalue weighted by Gasteiger charge is 2.13. The largest absolute Gasteiger partial charge is 0.312 e. The fraction of sp³-hybridized carbons (Fsp3) is 0.111. The van der Waals surface area contributed by atoms with Crippen LogP contribution in [0.3, 0.4) is 0 Å². The minimum atomic E-state index is -3.36. The Labute approximate surface area is 164 Å². The highest BCUT2D eigenvalue weighted by Crippen LogP contribution is 2.22. The standard InChI is InChI=1S/C18H15N3O5S2/c1-3-10-20-15-9-8-14(28(2,25)26)11-16(15)27-18(20)19-17(22)12-4-6-13(7-5-12)21(23)24/h3-9,11H,1,10H2,2H3. The molecular weight excluding hydrogens is 402 g/mol. The van der Waals surface area contributed by atoms with Gasteiger partial charge in [0.15, 0.2) is 14.6 Å². The second-order valence-corrected chi connectivity index (χ2v) is 8.93. The fourth-order valence-electron chi connectivity index (χ4n) is 2.55. The molecule has 0 aliphatic carbocycles. The first kappa shape index (κ1) is 19.6. The van der Waals surface area contributed by atoms with Crippen molar-refractivity contribution >= 4 is 43.0 Å². The number of sulfone groups is 1. The number of fused-ring (bicyclic) bond motifs is 1. The normalized spacial score (nSPS) is 12.2. The number of carbonyl (C=O) groups excluding carboxylic acids is 1. The van der Waals surface area contributed by atoms with Crippen LogP contribution in [0.2, 0.25) is 0 Å². The van der Waals surface area contributed by atoms with E-state index in [9.17, 15) is 23.3 Å². The van der Waals surface area contributed by atoms with Crippen molar-refractivity contribution in [1.29, 1.82) is 0 Å². The Bertz CT molecular complexity index is 1270. The Morgan fingerprint density at radius 2 is 1.96 bits per heavy atom. The van der Waals surface area contributed by atoms with Crippen LogP contribution in [0, 0.1) is 10.1 Å². The van der Waals surface area contributed by atoms with Gasteiger partial charge in [0.2, 0.25) is 0 Å². The van der Waals surface area contributed by atoms with Gasteiger partial charge in [-0.3, -0.25) is 14.9 Å². The van der Waals surface area contributed by atoms with E-state index in [0.29, 0.717) is 16.0 Å². The third-order valence-electron chi connectivity index (χ3n) is 3.92. The van der Waals surface area contributed by atoms with Crippen molar-refractivity contribution in [1.82, 2.24) is 4.57 Å². The van der Waals surface area contributed by atoms with Gasteiger partial charge in [0.25, 0.3) is 11.6 Å². The number of rotatable bonds is 5. The van der Waals surface area contributed by atoms with Gasteiger partial charge in [0, 0.05) is 30.5 Å². The number of non-ortho nitro benzene ring substituents is 1. The van der Waals surface area contributed by atoms with Crippen LogP contribution in [0.5, 0.6) is 0 Å². The predicted molar refractivity (Wildman–Crippen MR) is 106 cm³/mol. The summed E-state index contributed by atoms with van der Waals surface area (Å²) in [6, 6.07) is 9.89. The minimum absolute atomic E-state index is 0.117. The summed E-state index contributed by atoms with van der Waals surface area (Å²) in [5.74, 6) is -0.553. The number of hydrogen-bond acceptors (Lipinski definition) is 6.